The fourth-order valence-corrected chi connectivity index (χ4v) is 2.61. The minimum Gasteiger partial charge on any atom is -0.388 e. The van der Waals surface area contributed by atoms with Crippen LogP contribution in [0.2, 0.25) is 0 Å². The summed E-state index contributed by atoms with van der Waals surface area (Å²) >= 11 is 0. The Labute approximate surface area is 128 Å². The van der Waals surface area contributed by atoms with Gasteiger partial charge in [0, 0.05) is 13.2 Å². The van der Waals surface area contributed by atoms with Crippen LogP contribution in [0.3, 0.4) is 0 Å². The average Bonchev–Trinajstić information content (AvgIpc) is 2.61. The van der Waals surface area contributed by atoms with Gasteiger partial charge in [-0.1, -0.05) is 39.5 Å². The van der Waals surface area contributed by atoms with Crippen LogP contribution in [0, 0.1) is 5.92 Å². The molecule has 2 amide bonds. The lowest BCUT2D eigenvalue weighted by Gasteiger charge is -2.27. The highest BCUT2D eigenvalue weighted by molar-refractivity contribution is 5.74. The highest BCUT2D eigenvalue weighted by Gasteiger charge is 2.28. The SMILES string of the molecule is CC(C)COCC(C)NC(=O)NCC1(O)CCCCCC1. The van der Waals surface area contributed by atoms with Crippen LogP contribution in [-0.2, 0) is 4.74 Å². The number of nitrogens with one attached hydrogen (secondary N) is 2. The Kier molecular flexibility index (Phi) is 8.04. The molecule has 1 rings (SSSR count). The predicted octanol–water partition coefficient (Wildman–Crippen LogP) is 2.43. The maximum absolute atomic E-state index is 11.8. The minimum atomic E-state index is -0.731. The standard InChI is InChI=1S/C16H32N2O3/c1-13(2)10-21-11-14(3)18-15(19)17-12-16(20)8-6-4-5-7-9-16/h13-14,20H,4-12H2,1-3H3,(H2,17,18,19). The molecule has 5 heteroatoms. The van der Waals surface area contributed by atoms with Crippen molar-refractivity contribution >= 4 is 6.03 Å². The summed E-state index contributed by atoms with van der Waals surface area (Å²) < 4.78 is 5.50. The molecule has 0 aromatic rings. The van der Waals surface area contributed by atoms with Gasteiger partial charge in [0.1, 0.15) is 0 Å². The zero-order valence-corrected chi connectivity index (χ0v) is 13.8. The van der Waals surface area contributed by atoms with Gasteiger partial charge < -0.3 is 20.5 Å². The van der Waals surface area contributed by atoms with Crippen molar-refractivity contribution in [2.75, 3.05) is 19.8 Å². The van der Waals surface area contributed by atoms with E-state index in [2.05, 4.69) is 24.5 Å². The molecular formula is C16H32N2O3. The quantitative estimate of drug-likeness (QED) is 0.632. The zero-order chi connectivity index (χ0) is 15.7. The maximum atomic E-state index is 11.8. The van der Waals surface area contributed by atoms with E-state index in [0.29, 0.717) is 25.7 Å². The lowest BCUT2D eigenvalue weighted by atomic mass is 9.95. The summed E-state index contributed by atoms with van der Waals surface area (Å²) in [6.07, 6.45) is 6.00. The molecule has 1 aliphatic rings. The average molecular weight is 300 g/mol. The molecule has 3 N–H and O–H groups in total. The second kappa shape index (κ2) is 9.26. The molecule has 1 atom stereocenters. The second-order valence-electron chi connectivity index (χ2n) is 6.80. The van der Waals surface area contributed by atoms with Gasteiger partial charge in [0.05, 0.1) is 18.2 Å². The lowest BCUT2D eigenvalue weighted by Crippen LogP contribution is -2.49. The van der Waals surface area contributed by atoms with Crippen molar-refractivity contribution in [3.8, 4) is 0 Å². The van der Waals surface area contributed by atoms with Gasteiger partial charge in [0.25, 0.3) is 0 Å². The van der Waals surface area contributed by atoms with Gasteiger partial charge in [-0.05, 0) is 25.7 Å². The summed E-state index contributed by atoms with van der Waals surface area (Å²) in [4.78, 5) is 11.8. The first kappa shape index (κ1) is 18.2. The molecule has 0 aromatic carbocycles. The van der Waals surface area contributed by atoms with Crippen LogP contribution in [0.15, 0.2) is 0 Å². The molecule has 0 aliphatic heterocycles. The molecule has 5 nitrogen and oxygen atoms in total. The van der Waals surface area contributed by atoms with Gasteiger partial charge in [-0.15, -0.1) is 0 Å². The van der Waals surface area contributed by atoms with Gasteiger partial charge in [-0.2, -0.15) is 0 Å². The molecule has 1 aliphatic carbocycles. The normalized spacial score (nSPS) is 19.9. The summed E-state index contributed by atoms with van der Waals surface area (Å²) in [6, 6.07) is -0.263. The van der Waals surface area contributed by atoms with E-state index in [1.165, 1.54) is 12.8 Å². The summed E-state index contributed by atoms with van der Waals surface area (Å²) in [5.41, 5.74) is -0.731. The number of hydrogen-bond donors (Lipinski definition) is 3. The van der Waals surface area contributed by atoms with Crippen molar-refractivity contribution < 1.29 is 14.6 Å². The molecule has 1 fully saturated rings. The van der Waals surface area contributed by atoms with Gasteiger partial charge in [-0.3, -0.25) is 0 Å². The number of ether oxygens (including phenoxy) is 1. The Morgan fingerprint density at radius 3 is 2.33 bits per heavy atom. The predicted molar refractivity (Wildman–Crippen MR) is 84.3 cm³/mol. The molecule has 0 bridgehead atoms. The van der Waals surface area contributed by atoms with Crippen molar-refractivity contribution in [3.05, 3.63) is 0 Å². The molecule has 0 saturated heterocycles. The molecule has 0 spiro atoms. The third-order valence-corrected chi connectivity index (χ3v) is 3.81. The van der Waals surface area contributed by atoms with Gasteiger partial charge in [-0.25, -0.2) is 4.79 Å². The Bertz CT molecular complexity index is 300. The smallest absolute Gasteiger partial charge is 0.315 e. The Hall–Kier alpha value is -0.810. The maximum Gasteiger partial charge on any atom is 0.315 e. The first-order valence-corrected chi connectivity index (χ1v) is 8.26. The van der Waals surface area contributed by atoms with Gasteiger partial charge in [0.15, 0.2) is 0 Å². The van der Waals surface area contributed by atoms with Crippen LogP contribution in [-0.4, -0.2) is 42.5 Å². The fraction of sp³-hybridized carbons (Fsp3) is 0.938. The van der Waals surface area contributed by atoms with E-state index in [9.17, 15) is 9.90 Å². The first-order valence-electron chi connectivity index (χ1n) is 8.26. The summed E-state index contributed by atoms with van der Waals surface area (Å²) in [5, 5.41) is 16.1. The summed E-state index contributed by atoms with van der Waals surface area (Å²) in [7, 11) is 0. The lowest BCUT2D eigenvalue weighted by molar-refractivity contribution is 0.0274. The number of carbonyl (C=O) groups is 1. The highest BCUT2D eigenvalue weighted by atomic mass is 16.5. The molecule has 1 saturated carbocycles. The second-order valence-corrected chi connectivity index (χ2v) is 6.80. The van der Waals surface area contributed by atoms with E-state index in [-0.39, 0.29) is 12.1 Å². The number of aliphatic hydroxyl groups is 1. The fourth-order valence-electron chi connectivity index (χ4n) is 2.61. The third kappa shape index (κ3) is 8.27. The zero-order valence-electron chi connectivity index (χ0n) is 13.8. The molecule has 124 valence electrons. The van der Waals surface area contributed by atoms with Crippen molar-refractivity contribution in [1.29, 1.82) is 0 Å². The number of urea groups is 1. The highest BCUT2D eigenvalue weighted by Crippen LogP contribution is 2.26. The third-order valence-electron chi connectivity index (χ3n) is 3.81. The molecular weight excluding hydrogens is 268 g/mol. The van der Waals surface area contributed by atoms with E-state index in [0.717, 1.165) is 25.7 Å². The molecule has 1 unspecified atom stereocenters. The number of amides is 2. The van der Waals surface area contributed by atoms with E-state index in [4.69, 9.17) is 4.74 Å². The van der Waals surface area contributed by atoms with Crippen LogP contribution in [0.5, 0.6) is 0 Å². The molecule has 0 radical (unpaired) electrons. The molecule has 0 aromatic heterocycles. The number of hydrogen-bond acceptors (Lipinski definition) is 3. The van der Waals surface area contributed by atoms with E-state index >= 15 is 0 Å². The van der Waals surface area contributed by atoms with Gasteiger partial charge >= 0.3 is 6.03 Å². The molecule has 21 heavy (non-hydrogen) atoms. The topological polar surface area (TPSA) is 70.6 Å². The first-order chi connectivity index (χ1) is 9.91. The number of carbonyl (C=O) groups excluding carboxylic acids is 1. The van der Waals surface area contributed by atoms with Crippen LogP contribution < -0.4 is 10.6 Å². The van der Waals surface area contributed by atoms with E-state index in [1.807, 2.05) is 6.92 Å². The van der Waals surface area contributed by atoms with E-state index in [1.54, 1.807) is 0 Å². The summed E-state index contributed by atoms with van der Waals surface area (Å²) in [6.45, 7) is 7.65. The van der Waals surface area contributed by atoms with Crippen LogP contribution in [0.1, 0.15) is 59.3 Å². The van der Waals surface area contributed by atoms with Crippen molar-refractivity contribution in [1.82, 2.24) is 10.6 Å². The van der Waals surface area contributed by atoms with Crippen LogP contribution >= 0.6 is 0 Å². The van der Waals surface area contributed by atoms with Gasteiger partial charge in [0.2, 0.25) is 0 Å². The van der Waals surface area contributed by atoms with E-state index < -0.39 is 5.60 Å². The van der Waals surface area contributed by atoms with Crippen LogP contribution in [0.4, 0.5) is 4.79 Å². The van der Waals surface area contributed by atoms with Crippen molar-refractivity contribution in [3.63, 3.8) is 0 Å². The largest absolute Gasteiger partial charge is 0.388 e. The number of rotatable bonds is 7. The molecule has 0 heterocycles. The Morgan fingerprint density at radius 1 is 1.14 bits per heavy atom. The van der Waals surface area contributed by atoms with Crippen molar-refractivity contribution in [2.45, 2.75) is 70.9 Å². The minimum absolute atomic E-state index is 0.0347. The van der Waals surface area contributed by atoms with Crippen molar-refractivity contribution in [2.24, 2.45) is 5.92 Å². The summed E-state index contributed by atoms with van der Waals surface area (Å²) in [5.74, 6) is 0.496. The Balaban J connectivity index is 2.20. The Morgan fingerprint density at radius 2 is 1.76 bits per heavy atom. The monoisotopic (exact) mass is 300 g/mol. The van der Waals surface area contributed by atoms with Crippen LogP contribution in [0.25, 0.3) is 0 Å².